The summed E-state index contributed by atoms with van der Waals surface area (Å²) in [6, 6.07) is 8.11. The maximum Gasteiger partial charge on any atom is 0.101 e. The van der Waals surface area contributed by atoms with Crippen LogP contribution in [-0.2, 0) is 4.74 Å². The number of ether oxygens (including phenoxy) is 1. The van der Waals surface area contributed by atoms with Gasteiger partial charge in [-0.1, -0.05) is 6.07 Å². The number of anilines is 1. The standard InChI is InChI=1S/C12H16N2O/c1-9-4-5-11(7-13)12(6-9)14-10(2)8-15-3/h4-6,10,14H,8H2,1-3H3. The molecule has 0 spiro atoms. The highest BCUT2D eigenvalue weighted by Crippen LogP contribution is 2.17. The second-order valence-electron chi connectivity index (χ2n) is 3.66. The summed E-state index contributed by atoms with van der Waals surface area (Å²) in [5.74, 6) is 0. The van der Waals surface area contributed by atoms with Crippen LogP contribution in [0.15, 0.2) is 18.2 Å². The molecule has 1 rings (SSSR count). The van der Waals surface area contributed by atoms with Crippen LogP contribution in [0.1, 0.15) is 18.1 Å². The molecule has 0 aromatic heterocycles. The Bertz CT molecular complexity index is 368. The second kappa shape index (κ2) is 5.38. The third kappa shape index (κ3) is 3.26. The molecule has 1 unspecified atom stereocenters. The number of hydrogen-bond acceptors (Lipinski definition) is 3. The second-order valence-corrected chi connectivity index (χ2v) is 3.66. The van der Waals surface area contributed by atoms with Crippen molar-refractivity contribution >= 4 is 5.69 Å². The van der Waals surface area contributed by atoms with E-state index in [0.29, 0.717) is 12.2 Å². The average Bonchev–Trinajstić information content (AvgIpc) is 2.18. The molecule has 1 aromatic carbocycles. The van der Waals surface area contributed by atoms with Gasteiger partial charge in [-0.3, -0.25) is 0 Å². The molecule has 0 heterocycles. The molecule has 1 aromatic rings. The molecule has 3 nitrogen and oxygen atoms in total. The van der Waals surface area contributed by atoms with Crippen LogP contribution >= 0.6 is 0 Å². The van der Waals surface area contributed by atoms with E-state index in [2.05, 4.69) is 11.4 Å². The van der Waals surface area contributed by atoms with Gasteiger partial charge in [-0.2, -0.15) is 5.26 Å². The predicted molar refractivity (Wildman–Crippen MR) is 60.9 cm³/mol. The largest absolute Gasteiger partial charge is 0.383 e. The third-order valence-corrected chi connectivity index (χ3v) is 2.11. The Morgan fingerprint density at radius 2 is 2.27 bits per heavy atom. The summed E-state index contributed by atoms with van der Waals surface area (Å²) in [4.78, 5) is 0. The van der Waals surface area contributed by atoms with Gasteiger partial charge < -0.3 is 10.1 Å². The number of benzene rings is 1. The summed E-state index contributed by atoms with van der Waals surface area (Å²) in [6.45, 7) is 4.65. The van der Waals surface area contributed by atoms with Crippen molar-refractivity contribution in [1.29, 1.82) is 5.26 Å². The molecule has 0 aliphatic heterocycles. The number of nitriles is 1. The topological polar surface area (TPSA) is 45.0 Å². The predicted octanol–water partition coefficient (Wildman–Crippen LogP) is 2.31. The van der Waals surface area contributed by atoms with E-state index >= 15 is 0 Å². The van der Waals surface area contributed by atoms with Gasteiger partial charge in [0.05, 0.1) is 17.9 Å². The van der Waals surface area contributed by atoms with Gasteiger partial charge in [0.25, 0.3) is 0 Å². The van der Waals surface area contributed by atoms with E-state index in [1.807, 2.05) is 32.0 Å². The Labute approximate surface area is 90.7 Å². The van der Waals surface area contributed by atoms with Crippen LogP contribution in [0.25, 0.3) is 0 Å². The van der Waals surface area contributed by atoms with E-state index in [-0.39, 0.29) is 6.04 Å². The zero-order chi connectivity index (χ0) is 11.3. The van der Waals surface area contributed by atoms with Gasteiger partial charge in [0.2, 0.25) is 0 Å². The van der Waals surface area contributed by atoms with Crippen LogP contribution in [0, 0.1) is 18.3 Å². The monoisotopic (exact) mass is 204 g/mol. The van der Waals surface area contributed by atoms with Crippen molar-refractivity contribution in [1.82, 2.24) is 0 Å². The molecule has 15 heavy (non-hydrogen) atoms. The molecule has 0 saturated heterocycles. The summed E-state index contributed by atoms with van der Waals surface area (Å²) >= 11 is 0. The molecule has 3 heteroatoms. The normalized spacial score (nSPS) is 11.9. The van der Waals surface area contributed by atoms with E-state index in [4.69, 9.17) is 10.00 Å². The lowest BCUT2D eigenvalue weighted by Gasteiger charge is -2.15. The van der Waals surface area contributed by atoms with Gasteiger partial charge in [0.15, 0.2) is 0 Å². The minimum atomic E-state index is 0.198. The molecule has 0 radical (unpaired) electrons. The first-order chi connectivity index (χ1) is 7.17. The quantitative estimate of drug-likeness (QED) is 0.818. The average molecular weight is 204 g/mol. The number of nitrogens with one attached hydrogen (secondary N) is 1. The first-order valence-electron chi connectivity index (χ1n) is 4.93. The zero-order valence-corrected chi connectivity index (χ0v) is 9.37. The van der Waals surface area contributed by atoms with Gasteiger partial charge >= 0.3 is 0 Å². The molecular formula is C12H16N2O. The van der Waals surface area contributed by atoms with Crippen LogP contribution in [0.2, 0.25) is 0 Å². The lowest BCUT2D eigenvalue weighted by Crippen LogP contribution is -2.21. The van der Waals surface area contributed by atoms with Crippen LogP contribution in [0.4, 0.5) is 5.69 Å². The van der Waals surface area contributed by atoms with Crippen molar-refractivity contribution < 1.29 is 4.74 Å². The summed E-state index contributed by atoms with van der Waals surface area (Å²) in [7, 11) is 1.67. The number of hydrogen-bond donors (Lipinski definition) is 1. The molecule has 1 N–H and O–H groups in total. The minimum Gasteiger partial charge on any atom is -0.383 e. The number of aryl methyl sites for hydroxylation is 1. The first-order valence-corrected chi connectivity index (χ1v) is 4.93. The lowest BCUT2D eigenvalue weighted by molar-refractivity contribution is 0.190. The Balaban J connectivity index is 2.83. The SMILES string of the molecule is COCC(C)Nc1cc(C)ccc1C#N. The highest BCUT2D eigenvalue weighted by Gasteiger charge is 2.05. The van der Waals surface area contributed by atoms with E-state index in [9.17, 15) is 0 Å². The molecule has 0 amide bonds. The van der Waals surface area contributed by atoms with Gasteiger partial charge in [0, 0.05) is 13.2 Å². The Hall–Kier alpha value is -1.53. The molecule has 0 saturated carbocycles. The maximum atomic E-state index is 8.93. The van der Waals surface area contributed by atoms with Gasteiger partial charge in [-0.25, -0.2) is 0 Å². The Morgan fingerprint density at radius 1 is 1.53 bits per heavy atom. The number of nitrogens with zero attached hydrogens (tertiary/aromatic N) is 1. The highest BCUT2D eigenvalue weighted by atomic mass is 16.5. The fourth-order valence-electron chi connectivity index (χ4n) is 1.43. The van der Waals surface area contributed by atoms with Crippen LogP contribution in [0.5, 0.6) is 0 Å². The van der Waals surface area contributed by atoms with Crippen molar-refractivity contribution in [3.63, 3.8) is 0 Å². The zero-order valence-electron chi connectivity index (χ0n) is 9.37. The van der Waals surface area contributed by atoms with Gasteiger partial charge in [0.1, 0.15) is 6.07 Å². The molecule has 0 fully saturated rings. The fourth-order valence-corrected chi connectivity index (χ4v) is 1.43. The Kier molecular flexibility index (Phi) is 4.14. The van der Waals surface area contributed by atoms with Crippen LogP contribution in [-0.4, -0.2) is 19.8 Å². The number of rotatable bonds is 4. The maximum absolute atomic E-state index is 8.93. The molecule has 1 atom stereocenters. The van der Waals surface area contributed by atoms with Gasteiger partial charge in [-0.05, 0) is 31.5 Å². The van der Waals surface area contributed by atoms with Crippen molar-refractivity contribution in [2.45, 2.75) is 19.9 Å². The molecule has 80 valence electrons. The minimum absolute atomic E-state index is 0.198. The van der Waals surface area contributed by atoms with Crippen molar-refractivity contribution in [2.75, 3.05) is 19.0 Å². The van der Waals surface area contributed by atoms with Crippen molar-refractivity contribution in [3.8, 4) is 6.07 Å². The third-order valence-electron chi connectivity index (χ3n) is 2.11. The van der Waals surface area contributed by atoms with E-state index in [1.165, 1.54) is 0 Å². The fraction of sp³-hybridized carbons (Fsp3) is 0.417. The van der Waals surface area contributed by atoms with Crippen LogP contribution in [0.3, 0.4) is 0 Å². The first kappa shape index (κ1) is 11.5. The summed E-state index contributed by atoms with van der Waals surface area (Å²) in [5, 5.41) is 12.2. The van der Waals surface area contributed by atoms with Gasteiger partial charge in [-0.15, -0.1) is 0 Å². The van der Waals surface area contributed by atoms with Crippen LogP contribution < -0.4 is 5.32 Å². The molecule has 0 aliphatic rings. The molecule has 0 aliphatic carbocycles. The van der Waals surface area contributed by atoms with E-state index in [0.717, 1.165) is 11.3 Å². The summed E-state index contributed by atoms with van der Waals surface area (Å²) in [5.41, 5.74) is 2.69. The molecular weight excluding hydrogens is 188 g/mol. The van der Waals surface area contributed by atoms with E-state index in [1.54, 1.807) is 7.11 Å². The Morgan fingerprint density at radius 3 is 2.87 bits per heavy atom. The summed E-state index contributed by atoms with van der Waals surface area (Å²) in [6.07, 6.45) is 0. The molecule has 0 bridgehead atoms. The summed E-state index contributed by atoms with van der Waals surface area (Å²) < 4.78 is 5.03. The smallest absolute Gasteiger partial charge is 0.101 e. The van der Waals surface area contributed by atoms with E-state index < -0.39 is 0 Å². The highest BCUT2D eigenvalue weighted by molar-refractivity contribution is 5.59. The van der Waals surface area contributed by atoms with Crippen molar-refractivity contribution in [3.05, 3.63) is 29.3 Å². The lowest BCUT2D eigenvalue weighted by atomic mass is 10.1. The van der Waals surface area contributed by atoms with Crippen molar-refractivity contribution in [2.24, 2.45) is 0 Å². The number of methoxy groups -OCH3 is 1.